The van der Waals surface area contributed by atoms with Crippen LogP contribution in [0.4, 0.5) is 0 Å². The van der Waals surface area contributed by atoms with Crippen LogP contribution in [0.25, 0.3) is 5.76 Å². The maximum atomic E-state index is 13.3. The average Bonchev–Trinajstić information content (AvgIpc) is 3.43. The number of Topliss-reactive ketones (excluding diaryl/α,β-unsaturated/α-hetero) is 1. The van der Waals surface area contributed by atoms with Crippen molar-refractivity contribution in [3.8, 4) is 11.5 Å². The molecule has 1 amide bonds. The van der Waals surface area contributed by atoms with Crippen molar-refractivity contribution in [1.29, 1.82) is 0 Å². The highest BCUT2D eigenvalue weighted by Gasteiger charge is 2.46. The van der Waals surface area contributed by atoms with E-state index in [1.165, 1.54) is 18.3 Å². The number of ketones is 1. The van der Waals surface area contributed by atoms with Crippen molar-refractivity contribution in [3.63, 3.8) is 0 Å². The Bertz CT molecular complexity index is 1260. The van der Waals surface area contributed by atoms with E-state index >= 15 is 0 Å². The Morgan fingerprint density at radius 1 is 1.09 bits per heavy atom. The van der Waals surface area contributed by atoms with Crippen molar-refractivity contribution in [2.45, 2.75) is 33.4 Å². The van der Waals surface area contributed by atoms with Crippen LogP contribution in [0.1, 0.15) is 41.0 Å². The second kappa shape index (κ2) is 9.47. The van der Waals surface area contributed by atoms with Gasteiger partial charge in [-0.25, -0.2) is 0 Å². The van der Waals surface area contributed by atoms with Crippen LogP contribution >= 0.6 is 0 Å². The Labute approximate surface area is 198 Å². The SMILES string of the molecule is CCOc1ccc(C2C(=C(O)c3cc(C)ccc3C)C(=O)C(=O)N2Cc2ccco2)cc1OC. The second-order valence-electron chi connectivity index (χ2n) is 8.17. The summed E-state index contributed by atoms with van der Waals surface area (Å²) in [5.41, 5.74) is 2.87. The summed E-state index contributed by atoms with van der Waals surface area (Å²) in [6, 6.07) is 13.5. The van der Waals surface area contributed by atoms with Gasteiger partial charge in [-0.1, -0.05) is 23.8 Å². The summed E-state index contributed by atoms with van der Waals surface area (Å²) in [6.07, 6.45) is 1.51. The zero-order chi connectivity index (χ0) is 24.4. The van der Waals surface area contributed by atoms with Gasteiger partial charge >= 0.3 is 0 Å². The summed E-state index contributed by atoms with van der Waals surface area (Å²) < 4.78 is 16.6. The molecule has 0 saturated carbocycles. The molecule has 1 aromatic heterocycles. The van der Waals surface area contributed by atoms with E-state index in [4.69, 9.17) is 13.9 Å². The number of carbonyl (C=O) groups is 2. The summed E-state index contributed by atoms with van der Waals surface area (Å²) in [7, 11) is 1.53. The molecule has 1 aliphatic heterocycles. The molecule has 1 unspecified atom stereocenters. The zero-order valence-electron chi connectivity index (χ0n) is 19.6. The van der Waals surface area contributed by atoms with E-state index in [1.54, 1.807) is 36.4 Å². The van der Waals surface area contributed by atoms with Gasteiger partial charge in [-0.05, 0) is 62.2 Å². The average molecular weight is 462 g/mol. The molecule has 0 radical (unpaired) electrons. The molecule has 3 aromatic rings. The number of ether oxygens (including phenoxy) is 2. The highest BCUT2D eigenvalue weighted by Crippen LogP contribution is 2.43. The van der Waals surface area contributed by atoms with Crippen LogP contribution in [0.2, 0.25) is 0 Å². The summed E-state index contributed by atoms with van der Waals surface area (Å²) in [6.45, 7) is 6.15. The van der Waals surface area contributed by atoms with Crippen molar-refractivity contribution in [3.05, 3.63) is 88.4 Å². The second-order valence-corrected chi connectivity index (χ2v) is 8.17. The topological polar surface area (TPSA) is 89.2 Å². The fourth-order valence-corrected chi connectivity index (χ4v) is 4.23. The first-order chi connectivity index (χ1) is 16.3. The predicted molar refractivity (Wildman–Crippen MR) is 127 cm³/mol. The first-order valence-corrected chi connectivity index (χ1v) is 11.0. The van der Waals surface area contributed by atoms with Crippen molar-refractivity contribution in [2.24, 2.45) is 0 Å². The van der Waals surface area contributed by atoms with Crippen LogP contribution < -0.4 is 9.47 Å². The van der Waals surface area contributed by atoms with Crippen molar-refractivity contribution < 1.29 is 28.6 Å². The molecule has 2 heterocycles. The minimum absolute atomic E-state index is 0.0245. The molecule has 34 heavy (non-hydrogen) atoms. The zero-order valence-corrected chi connectivity index (χ0v) is 19.6. The molecule has 7 nitrogen and oxygen atoms in total. The summed E-state index contributed by atoms with van der Waals surface area (Å²) in [5, 5.41) is 11.4. The minimum atomic E-state index is -0.838. The minimum Gasteiger partial charge on any atom is -0.507 e. The maximum absolute atomic E-state index is 13.3. The van der Waals surface area contributed by atoms with Gasteiger partial charge in [-0.3, -0.25) is 9.59 Å². The number of benzene rings is 2. The third-order valence-corrected chi connectivity index (χ3v) is 5.90. The van der Waals surface area contributed by atoms with E-state index in [1.807, 2.05) is 32.9 Å². The van der Waals surface area contributed by atoms with Crippen molar-refractivity contribution >= 4 is 17.4 Å². The van der Waals surface area contributed by atoms with Crippen LogP contribution in [-0.2, 0) is 16.1 Å². The lowest BCUT2D eigenvalue weighted by Gasteiger charge is -2.25. The lowest BCUT2D eigenvalue weighted by atomic mass is 9.93. The summed E-state index contributed by atoms with van der Waals surface area (Å²) >= 11 is 0. The Morgan fingerprint density at radius 3 is 2.56 bits per heavy atom. The van der Waals surface area contributed by atoms with Gasteiger partial charge in [0.25, 0.3) is 11.7 Å². The molecule has 1 aliphatic rings. The van der Waals surface area contributed by atoms with E-state index in [2.05, 4.69) is 0 Å². The number of aryl methyl sites for hydroxylation is 2. The van der Waals surface area contributed by atoms with Crippen LogP contribution in [0, 0.1) is 13.8 Å². The Morgan fingerprint density at radius 2 is 1.88 bits per heavy atom. The molecule has 1 saturated heterocycles. The van der Waals surface area contributed by atoms with Gasteiger partial charge in [0.05, 0.1) is 38.1 Å². The molecule has 4 rings (SSSR count). The molecule has 176 valence electrons. The quantitative estimate of drug-likeness (QED) is 0.305. The molecule has 1 N–H and O–H groups in total. The van der Waals surface area contributed by atoms with E-state index in [0.717, 1.165) is 11.1 Å². The van der Waals surface area contributed by atoms with Crippen molar-refractivity contribution in [2.75, 3.05) is 13.7 Å². The number of hydrogen-bond acceptors (Lipinski definition) is 6. The highest BCUT2D eigenvalue weighted by atomic mass is 16.5. The monoisotopic (exact) mass is 461 g/mol. The number of furan rings is 1. The Hall–Kier alpha value is -4.00. The third kappa shape index (κ3) is 4.17. The number of likely N-dealkylation sites (tertiary alicyclic amines) is 1. The number of hydrogen-bond donors (Lipinski definition) is 1. The molecule has 0 aliphatic carbocycles. The number of carbonyl (C=O) groups excluding carboxylic acids is 2. The largest absolute Gasteiger partial charge is 0.507 e. The van der Waals surface area contributed by atoms with E-state index < -0.39 is 17.7 Å². The number of methoxy groups -OCH3 is 1. The molecular weight excluding hydrogens is 434 g/mol. The third-order valence-electron chi connectivity index (χ3n) is 5.90. The molecule has 2 aromatic carbocycles. The van der Waals surface area contributed by atoms with Crippen molar-refractivity contribution in [1.82, 2.24) is 4.90 Å². The van der Waals surface area contributed by atoms with E-state index in [0.29, 0.717) is 35.0 Å². The summed E-state index contributed by atoms with van der Waals surface area (Å²) in [5.74, 6) is -0.124. The lowest BCUT2D eigenvalue weighted by Crippen LogP contribution is -2.29. The highest BCUT2D eigenvalue weighted by molar-refractivity contribution is 6.46. The van der Waals surface area contributed by atoms with Gasteiger partial charge in [0.1, 0.15) is 11.5 Å². The first-order valence-electron chi connectivity index (χ1n) is 11.0. The van der Waals surface area contributed by atoms with Gasteiger partial charge in [0.15, 0.2) is 11.5 Å². The molecular formula is C27H27NO6. The predicted octanol–water partition coefficient (Wildman–Crippen LogP) is 4.93. The van der Waals surface area contributed by atoms with Gasteiger partial charge < -0.3 is 23.9 Å². The number of amides is 1. The Balaban J connectivity index is 1.91. The van der Waals surface area contributed by atoms with Gasteiger partial charge in [-0.15, -0.1) is 0 Å². The number of aliphatic hydroxyl groups excluding tert-OH is 1. The molecule has 1 atom stereocenters. The van der Waals surface area contributed by atoms with Crippen LogP contribution in [-0.4, -0.2) is 35.4 Å². The number of aliphatic hydroxyl groups is 1. The summed E-state index contributed by atoms with van der Waals surface area (Å²) in [4.78, 5) is 27.8. The van der Waals surface area contributed by atoms with Gasteiger partial charge in [0.2, 0.25) is 0 Å². The molecule has 7 heteroatoms. The standard InChI is InChI=1S/C27H27NO6/c1-5-33-21-11-10-18(14-22(21)32-4)24-23(25(29)20-13-16(2)8-9-17(20)3)26(30)27(31)28(24)15-19-7-6-12-34-19/h6-14,24,29H,5,15H2,1-4H3. The normalized spacial score (nSPS) is 17.3. The fourth-order valence-electron chi connectivity index (χ4n) is 4.23. The van der Waals surface area contributed by atoms with Gasteiger partial charge in [-0.2, -0.15) is 0 Å². The number of rotatable bonds is 7. The molecule has 0 bridgehead atoms. The molecule has 0 spiro atoms. The van der Waals surface area contributed by atoms with E-state index in [-0.39, 0.29) is 17.9 Å². The first kappa shape index (κ1) is 23.2. The number of nitrogens with zero attached hydrogens (tertiary/aromatic N) is 1. The fraction of sp³-hybridized carbons (Fsp3) is 0.259. The smallest absolute Gasteiger partial charge is 0.296 e. The molecule has 1 fully saturated rings. The Kier molecular flexibility index (Phi) is 6.45. The van der Waals surface area contributed by atoms with Gasteiger partial charge in [0, 0.05) is 5.56 Å². The van der Waals surface area contributed by atoms with E-state index in [9.17, 15) is 14.7 Å². The maximum Gasteiger partial charge on any atom is 0.296 e. The van der Waals surface area contributed by atoms with Crippen LogP contribution in [0.3, 0.4) is 0 Å². The van der Waals surface area contributed by atoms with Crippen LogP contribution in [0.15, 0.2) is 64.8 Å². The lowest BCUT2D eigenvalue weighted by molar-refractivity contribution is -0.140. The van der Waals surface area contributed by atoms with Crippen LogP contribution in [0.5, 0.6) is 11.5 Å².